The Morgan fingerprint density at radius 2 is 1.90 bits per heavy atom. The maximum atomic E-state index is 14.0. The summed E-state index contributed by atoms with van der Waals surface area (Å²) >= 11 is 0. The van der Waals surface area contributed by atoms with E-state index in [2.05, 4.69) is 16.0 Å². The first kappa shape index (κ1) is 29.6. The molecular weight excluding hydrogens is 547 g/mol. The molecular formula is C30H29FN4O5S. The first-order valence-corrected chi connectivity index (χ1v) is 14.4. The lowest BCUT2D eigenvalue weighted by Gasteiger charge is -2.25. The SMILES string of the molecule is CCCCc1nc(=O)c(S(=O)(=O)c2ccc(-c3ccnc(F)c3C)cc2)c(O)n1[C@@H](COC)c1cccc(C#N)c1. The fraction of sp³-hybridized carbons (Fsp3) is 0.267. The highest BCUT2D eigenvalue weighted by molar-refractivity contribution is 7.91. The van der Waals surface area contributed by atoms with Crippen LogP contribution in [0.5, 0.6) is 5.88 Å². The first-order chi connectivity index (χ1) is 19.6. The Balaban J connectivity index is 1.89. The van der Waals surface area contributed by atoms with Crippen molar-refractivity contribution >= 4 is 9.84 Å². The van der Waals surface area contributed by atoms with Crippen LogP contribution in [0.25, 0.3) is 11.1 Å². The summed E-state index contributed by atoms with van der Waals surface area (Å²) in [6.07, 6.45) is 3.01. The number of aryl methyl sites for hydroxylation is 1. The molecule has 0 fully saturated rings. The number of pyridine rings is 1. The minimum Gasteiger partial charge on any atom is -0.493 e. The Hall–Kier alpha value is -4.40. The van der Waals surface area contributed by atoms with Crippen LogP contribution in [-0.2, 0) is 21.0 Å². The fourth-order valence-corrected chi connectivity index (χ4v) is 6.01. The molecule has 0 saturated heterocycles. The summed E-state index contributed by atoms with van der Waals surface area (Å²) in [7, 11) is -3.09. The molecule has 0 radical (unpaired) electrons. The van der Waals surface area contributed by atoms with Gasteiger partial charge in [0.2, 0.25) is 21.7 Å². The van der Waals surface area contributed by atoms with Crippen LogP contribution in [0, 0.1) is 24.2 Å². The van der Waals surface area contributed by atoms with Crippen LogP contribution in [0.2, 0.25) is 0 Å². The highest BCUT2D eigenvalue weighted by Gasteiger charge is 2.32. The van der Waals surface area contributed by atoms with Crippen LogP contribution in [-0.4, -0.2) is 41.8 Å². The molecule has 0 aliphatic rings. The van der Waals surface area contributed by atoms with Crippen LogP contribution < -0.4 is 5.56 Å². The summed E-state index contributed by atoms with van der Waals surface area (Å²) in [6, 6.07) is 15.1. The topological polar surface area (TPSA) is 135 Å². The summed E-state index contributed by atoms with van der Waals surface area (Å²) in [5, 5.41) is 20.9. The number of hydrogen-bond donors (Lipinski definition) is 1. The van der Waals surface area contributed by atoms with Crippen molar-refractivity contribution in [2.45, 2.75) is 48.9 Å². The third-order valence-corrected chi connectivity index (χ3v) is 8.60. The van der Waals surface area contributed by atoms with Crippen LogP contribution in [0.15, 0.2) is 75.4 Å². The number of methoxy groups -OCH3 is 1. The van der Waals surface area contributed by atoms with Crippen LogP contribution >= 0.6 is 0 Å². The van der Waals surface area contributed by atoms with Crippen molar-refractivity contribution < 1.29 is 22.7 Å². The van der Waals surface area contributed by atoms with E-state index < -0.39 is 38.2 Å². The number of unbranched alkanes of at least 4 members (excludes halogenated alkanes) is 1. The Morgan fingerprint density at radius 3 is 2.56 bits per heavy atom. The van der Waals surface area contributed by atoms with Gasteiger partial charge in [0.15, 0.2) is 4.90 Å². The van der Waals surface area contributed by atoms with Gasteiger partial charge in [-0.15, -0.1) is 0 Å². The highest BCUT2D eigenvalue weighted by Crippen LogP contribution is 2.33. The van der Waals surface area contributed by atoms with Gasteiger partial charge in [-0.2, -0.15) is 14.6 Å². The molecule has 2 aromatic carbocycles. The number of sulfone groups is 1. The fourth-order valence-electron chi connectivity index (χ4n) is 4.67. The number of nitriles is 1. The molecule has 212 valence electrons. The standard InChI is InChI=1S/C30H29FN4O5S/c1-4-5-9-26-34-29(36)27(30(37)35(26)25(18-40-3)22-8-6-7-20(16-22)17-32)41(38,39)23-12-10-21(11-13-23)24-14-15-33-28(31)19(24)2/h6-8,10-16,25,37H,4-5,9,18H2,1-3H3/t25-/m0/s1. The lowest BCUT2D eigenvalue weighted by molar-refractivity contribution is 0.161. The van der Waals surface area contributed by atoms with E-state index in [9.17, 15) is 28.0 Å². The normalized spacial score (nSPS) is 12.2. The maximum absolute atomic E-state index is 14.0. The van der Waals surface area contributed by atoms with Crippen molar-refractivity contribution in [3.05, 3.63) is 99.6 Å². The molecule has 0 aliphatic heterocycles. The maximum Gasteiger partial charge on any atom is 0.296 e. The number of benzene rings is 2. The second-order valence-corrected chi connectivity index (χ2v) is 11.4. The third kappa shape index (κ3) is 5.89. The molecule has 11 heteroatoms. The van der Waals surface area contributed by atoms with Gasteiger partial charge in [0.1, 0.15) is 5.82 Å². The predicted molar refractivity (Wildman–Crippen MR) is 150 cm³/mol. The molecule has 9 nitrogen and oxygen atoms in total. The van der Waals surface area contributed by atoms with Gasteiger partial charge in [-0.1, -0.05) is 37.6 Å². The van der Waals surface area contributed by atoms with Crippen molar-refractivity contribution in [1.29, 1.82) is 5.26 Å². The molecule has 0 saturated carbocycles. The number of aromatic hydroxyl groups is 1. The van der Waals surface area contributed by atoms with Crippen LogP contribution in [0.3, 0.4) is 0 Å². The van der Waals surface area contributed by atoms with Gasteiger partial charge < -0.3 is 9.84 Å². The van der Waals surface area contributed by atoms with Crippen LogP contribution in [0.1, 0.15) is 48.3 Å². The molecule has 0 unspecified atom stereocenters. The highest BCUT2D eigenvalue weighted by atomic mass is 32.2. The van der Waals surface area contributed by atoms with E-state index in [-0.39, 0.29) is 17.3 Å². The molecule has 0 aliphatic carbocycles. The first-order valence-electron chi connectivity index (χ1n) is 12.9. The summed E-state index contributed by atoms with van der Waals surface area (Å²) < 4.78 is 48.3. The van der Waals surface area contributed by atoms with E-state index in [0.29, 0.717) is 40.7 Å². The zero-order valence-electron chi connectivity index (χ0n) is 22.8. The smallest absolute Gasteiger partial charge is 0.296 e. The average molecular weight is 577 g/mol. The Morgan fingerprint density at radius 1 is 1.17 bits per heavy atom. The van der Waals surface area contributed by atoms with Gasteiger partial charge in [0.25, 0.3) is 5.56 Å². The van der Waals surface area contributed by atoms with E-state index in [1.807, 2.05) is 6.92 Å². The van der Waals surface area contributed by atoms with E-state index in [4.69, 9.17) is 4.74 Å². The molecule has 1 N–H and O–H groups in total. The van der Waals surface area contributed by atoms with Crippen LogP contribution in [0.4, 0.5) is 4.39 Å². The van der Waals surface area contributed by atoms with Gasteiger partial charge >= 0.3 is 0 Å². The average Bonchev–Trinajstić information content (AvgIpc) is 2.96. The number of hydrogen-bond acceptors (Lipinski definition) is 8. The number of nitrogens with zero attached hydrogens (tertiary/aromatic N) is 4. The zero-order valence-corrected chi connectivity index (χ0v) is 23.7. The summed E-state index contributed by atoms with van der Waals surface area (Å²) in [6.45, 7) is 3.52. The second kappa shape index (κ2) is 12.4. The summed E-state index contributed by atoms with van der Waals surface area (Å²) in [4.78, 5) is 19.8. The Kier molecular flexibility index (Phi) is 8.95. The second-order valence-electron chi connectivity index (χ2n) is 9.47. The molecule has 2 heterocycles. The third-order valence-electron chi connectivity index (χ3n) is 6.81. The number of rotatable bonds is 10. The van der Waals surface area contributed by atoms with Gasteiger partial charge in [0.05, 0.1) is 29.2 Å². The monoisotopic (exact) mass is 576 g/mol. The quantitative estimate of drug-likeness (QED) is 0.268. The summed E-state index contributed by atoms with van der Waals surface area (Å²) in [5.41, 5.74) is 1.25. The largest absolute Gasteiger partial charge is 0.493 e. The number of halogens is 1. The van der Waals surface area contributed by atoms with Crippen molar-refractivity contribution in [2.24, 2.45) is 0 Å². The van der Waals surface area contributed by atoms with Gasteiger partial charge in [0, 0.05) is 25.3 Å². The van der Waals surface area contributed by atoms with E-state index in [1.165, 1.54) is 42.1 Å². The Labute approximate surface area is 237 Å². The molecule has 0 spiro atoms. The van der Waals surface area contributed by atoms with Gasteiger partial charge in [-0.05, 0) is 60.4 Å². The minimum atomic E-state index is -4.55. The molecule has 1 atom stereocenters. The Bertz CT molecular complexity index is 1780. The van der Waals surface area contributed by atoms with Gasteiger partial charge in [-0.3, -0.25) is 9.36 Å². The molecule has 2 aromatic heterocycles. The molecule has 4 aromatic rings. The van der Waals surface area contributed by atoms with Gasteiger partial charge in [-0.25, -0.2) is 13.4 Å². The lowest BCUT2D eigenvalue weighted by Crippen LogP contribution is -2.29. The van der Waals surface area contributed by atoms with Crippen molar-refractivity contribution in [3.8, 4) is 23.1 Å². The predicted octanol–water partition coefficient (Wildman–Crippen LogP) is 4.74. The van der Waals surface area contributed by atoms with Crippen molar-refractivity contribution in [3.63, 3.8) is 0 Å². The van der Waals surface area contributed by atoms with E-state index in [0.717, 1.165) is 6.42 Å². The van der Waals surface area contributed by atoms with Crippen molar-refractivity contribution in [2.75, 3.05) is 13.7 Å². The summed E-state index contributed by atoms with van der Waals surface area (Å²) in [5.74, 6) is -1.20. The lowest BCUT2D eigenvalue weighted by atomic mass is 10.0. The molecule has 0 amide bonds. The minimum absolute atomic E-state index is 0.00213. The molecule has 0 bridgehead atoms. The van der Waals surface area contributed by atoms with E-state index in [1.54, 1.807) is 37.3 Å². The van der Waals surface area contributed by atoms with Crippen molar-refractivity contribution in [1.82, 2.24) is 14.5 Å². The van der Waals surface area contributed by atoms with E-state index >= 15 is 0 Å². The molecule has 41 heavy (non-hydrogen) atoms. The molecule has 4 rings (SSSR count). The number of aromatic nitrogens is 3. The number of ether oxygens (including phenoxy) is 1. The zero-order chi connectivity index (χ0) is 29.7.